The number of rotatable bonds is 7. The van der Waals surface area contributed by atoms with Crippen molar-refractivity contribution in [1.29, 1.82) is 0 Å². The highest BCUT2D eigenvalue weighted by Crippen LogP contribution is 2.53. The van der Waals surface area contributed by atoms with E-state index in [2.05, 4.69) is 10.3 Å². The molecule has 12 heteroatoms. The maximum atomic E-state index is 13.9. The van der Waals surface area contributed by atoms with Gasteiger partial charge in [0.05, 0.1) is 23.7 Å². The van der Waals surface area contributed by atoms with Gasteiger partial charge in [0.1, 0.15) is 5.25 Å². The first-order chi connectivity index (χ1) is 19.8. The molecule has 2 unspecified atom stereocenters. The molecule has 1 fully saturated rings. The summed E-state index contributed by atoms with van der Waals surface area (Å²) in [4.78, 5) is 56.6. The lowest BCUT2D eigenvalue weighted by Crippen LogP contribution is -2.32. The summed E-state index contributed by atoms with van der Waals surface area (Å²) in [5.41, 5.74) is 1.76. The molecule has 0 spiro atoms. The number of thioether (sulfide) groups is 1. The number of para-hydroxylation sites is 1. The van der Waals surface area contributed by atoms with E-state index in [1.807, 2.05) is 18.2 Å². The molecule has 1 aromatic heterocycles. The van der Waals surface area contributed by atoms with Crippen LogP contribution in [-0.4, -0.2) is 41.7 Å². The van der Waals surface area contributed by atoms with E-state index in [1.165, 1.54) is 23.8 Å². The zero-order valence-corrected chi connectivity index (χ0v) is 23.8. The van der Waals surface area contributed by atoms with Crippen molar-refractivity contribution in [2.45, 2.75) is 16.2 Å². The van der Waals surface area contributed by atoms with E-state index < -0.39 is 17.1 Å². The third-order valence-electron chi connectivity index (χ3n) is 6.87. The Kier molecular flexibility index (Phi) is 7.33. The van der Waals surface area contributed by atoms with Gasteiger partial charge in [0.2, 0.25) is 11.8 Å². The summed E-state index contributed by atoms with van der Waals surface area (Å²) < 4.78 is 11.3. The fraction of sp³-hybridized carbons (Fsp3) is 0.172. The average molecular weight is 608 g/mol. The molecule has 2 aliphatic rings. The molecule has 41 heavy (non-hydrogen) atoms. The number of imide groups is 1. The lowest BCUT2D eigenvalue weighted by atomic mass is 9.83. The number of H-pyrrole nitrogens is 1. The summed E-state index contributed by atoms with van der Waals surface area (Å²) in [7, 11) is 1.47. The molecule has 2 aliphatic heterocycles. The van der Waals surface area contributed by atoms with Crippen molar-refractivity contribution < 1.29 is 23.9 Å². The molecule has 9 nitrogen and oxygen atoms in total. The lowest BCUT2D eigenvalue weighted by molar-refractivity contribution is -0.122. The van der Waals surface area contributed by atoms with E-state index in [4.69, 9.17) is 21.1 Å². The van der Waals surface area contributed by atoms with Gasteiger partial charge in [-0.25, -0.2) is 4.90 Å². The lowest BCUT2D eigenvalue weighted by Gasteiger charge is -2.30. The van der Waals surface area contributed by atoms with Crippen molar-refractivity contribution in [3.8, 4) is 11.5 Å². The van der Waals surface area contributed by atoms with Crippen LogP contribution >= 0.6 is 34.7 Å². The second-order valence-electron chi connectivity index (χ2n) is 9.35. The summed E-state index contributed by atoms with van der Waals surface area (Å²) in [6.45, 7) is -0.248. The second-order valence-corrected chi connectivity index (χ2v) is 12.0. The first-order valence-corrected chi connectivity index (χ1v) is 14.6. The van der Waals surface area contributed by atoms with Crippen molar-refractivity contribution in [2.75, 3.05) is 23.9 Å². The number of methoxy groups -OCH3 is 1. The normalized spacial score (nSPS) is 19.5. The number of fused-ring (bicyclic) bond motifs is 2. The van der Waals surface area contributed by atoms with Crippen molar-refractivity contribution in [1.82, 2.24) is 4.98 Å². The van der Waals surface area contributed by atoms with Crippen LogP contribution in [0.1, 0.15) is 16.4 Å². The average Bonchev–Trinajstić information content (AvgIpc) is 3.47. The molecule has 4 aromatic rings. The van der Waals surface area contributed by atoms with E-state index in [0.29, 0.717) is 43.4 Å². The van der Waals surface area contributed by atoms with E-state index in [0.717, 1.165) is 11.3 Å². The number of ether oxygens (including phenoxy) is 2. The number of amides is 3. The second kappa shape index (κ2) is 11.1. The molecule has 0 bridgehead atoms. The molecular formula is C29H22ClN3O6S2. The molecule has 3 amide bonds. The molecule has 1 saturated heterocycles. The number of anilines is 2. The summed E-state index contributed by atoms with van der Waals surface area (Å²) in [5.74, 6) is -1.71. The Hall–Kier alpha value is -4.06. The van der Waals surface area contributed by atoms with Crippen LogP contribution in [0.2, 0.25) is 5.02 Å². The van der Waals surface area contributed by atoms with Crippen molar-refractivity contribution in [2.24, 2.45) is 5.92 Å². The van der Waals surface area contributed by atoms with E-state index in [-0.39, 0.29) is 29.2 Å². The molecule has 0 aliphatic carbocycles. The first-order valence-electron chi connectivity index (χ1n) is 12.5. The van der Waals surface area contributed by atoms with E-state index in [9.17, 15) is 19.2 Å². The van der Waals surface area contributed by atoms with Gasteiger partial charge in [0.15, 0.2) is 18.1 Å². The number of aromatic amines is 1. The van der Waals surface area contributed by atoms with E-state index in [1.54, 1.807) is 54.6 Å². The number of halogens is 1. The maximum Gasteiger partial charge on any atom is 0.305 e. The summed E-state index contributed by atoms with van der Waals surface area (Å²) in [6, 6.07) is 20.7. The van der Waals surface area contributed by atoms with Crippen molar-refractivity contribution in [3.63, 3.8) is 0 Å². The molecule has 0 saturated carbocycles. The number of nitrogens with one attached hydrogen (secondary N) is 2. The number of hydrogen-bond acceptors (Lipinski definition) is 8. The topological polar surface area (TPSA) is 118 Å². The molecule has 3 heterocycles. The number of thiazole rings is 1. The van der Waals surface area contributed by atoms with Gasteiger partial charge >= 0.3 is 4.87 Å². The molecular weight excluding hydrogens is 586 g/mol. The number of benzene rings is 3. The zero-order valence-electron chi connectivity index (χ0n) is 21.5. The minimum Gasteiger partial charge on any atom is -0.493 e. The fourth-order valence-electron chi connectivity index (χ4n) is 5.08. The Morgan fingerprint density at radius 1 is 1.00 bits per heavy atom. The first kappa shape index (κ1) is 27.1. The summed E-state index contributed by atoms with van der Waals surface area (Å²) in [6.07, 6.45) is 0. The molecule has 208 valence electrons. The van der Waals surface area contributed by atoms with Crippen LogP contribution in [0.3, 0.4) is 0 Å². The molecule has 0 radical (unpaired) electrons. The molecule has 3 atom stereocenters. The van der Waals surface area contributed by atoms with Gasteiger partial charge < -0.3 is 19.8 Å². The van der Waals surface area contributed by atoms with Gasteiger partial charge in [-0.2, -0.15) is 0 Å². The number of hydrogen-bond donors (Lipinski definition) is 2. The largest absolute Gasteiger partial charge is 0.493 e. The van der Waals surface area contributed by atoms with Gasteiger partial charge in [-0.3, -0.25) is 19.2 Å². The predicted octanol–water partition coefficient (Wildman–Crippen LogP) is 4.91. The van der Waals surface area contributed by atoms with Crippen LogP contribution < -0.4 is 24.6 Å². The number of carbonyl (C=O) groups excluding carboxylic acids is 3. The quantitative estimate of drug-likeness (QED) is 0.287. The molecule has 2 N–H and O–H groups in total. The van der Waals surface area contributed by atoms with Gasteiger partial charge in [0.25, 0.3) is 5.91 Å². The van der Waals surface area contributed by atoms with Gasteiger partial charge in [0, 0.05) is 21.5 Å². The SMILES string of the molecule is COc1cc([C@H]2c3sc(=O)[nH]c3SC3C(=O)N(c4ccc(Cl)cc4)C(=O)C32)ccc1OCC(=O)Nc1ccccc1. The highest BCUT2D eigenvalue weighted by Gasteiger charge is 2.56. The Bertz CT molecular complexity index is 1710. The minimum atomic E-state index is -0.754. The number of carbonyl (C=O) groups is 3. The smallest absolute Gasteiger partial charge is 0.305 e. The zero-order chi connectivity index (χ0) is 28.7. The number of nitrogens with zero attached hydrogens (tertiary/aromatic N) is 1. The third-order valence-corrected chi connectivity index (χ3v) is 9.52. The van der Waals surface area contributed by atoms with Crippen molar-refractivity contribution in [3.05, 3.63) is 97.9 Å². The van der Waals surface area contributed by atoms with Crippen LogP contribution in [0.4, 0.5) is 11.4 Å². The predicted molar refractivity (Wildman–Crippen MR) is 157 cm³/mol. The van der Waals surface area contributed by atoms with Crippen LogP contribution in [0.5, 0.6) is 11.5 Å². The molecule has 3 aromatic carbocycles. The standard InChI is InChI=1S/C29H22ClN3O6S2/c1-38-20-13-15(7-12-19(20)39-14-21(34)31-17-5-3-2-4-6-17)22-23-25(40-26-24(22)41-29(37)32-26)28(36)33(27(23)35)18-10-8-16(30)9-11-18/h2-13,22-23,25H,14H2,1H3,(H,31,34)(H,32,37)/t22-,23?,25?/m1/s1. The van der Waals surface area contributed by atoms with Gasteiger partial charge in [-0.1, -0.05) is 59.0 Å². The van der Waals surface area contributed by atoms with Crippen LogP contribution in [0.15, 0.2) is 82.6 Å². The molecule has 6 rings (SSSR count). The number of aromatic nitrogens is 1. The summed E-state index contributed by atoms with van der Waals surface area (Å²) in [5, 5.41) is 3.09. The Balaban J connectivity index is 1.31. The van der Waals surface area contributed by atoms with Crippen LogP contribution in [0.25, 0.3) is 0 Å². The minimum absolute atomic E-state index is 0.248. The Morgan fingerprint density at radius 2 is 1.76 bits per heavy atom. The Labute approximate surface area is 247 Å². The van der Waals surface area contributed by atoms with Gasteiger partial charge in [-0.15, -0.1) is 0 Å². The monoisotopic (exact) mass is 607 g/mol. The highest BCUT2D eigenvalue weighted by molar-refractivity contribution is 8.00. The third kappa shape index (κ3) is 5.12. The van der Waals surface area contributed by atoms with Crippen molar-refractivity contribution >= 4 is 63.8 Å². The maximum absolute atomic E-state index is 13.9. The van der Waals surface area contributed by atoms with Crippen LogP contribution in [0, 0.1) is 5.92 Å². The fourth-order valence-corrected chi connectivity index (χ4v) is 7.72. The van der Waals surface area contributed by atoms with E-state index >= 15 is 0 Å². The van der Waals surface area contributed by atoms with Gasteiger partial charge in [-0.05, 0) is 54.1 Å². The summed E-state index contributed by atoms with van der Waals surface area (Å²) >= 11 is 8.25. The Morgan fingerprint density at radius 3 is 2.49 bits per heavy atom. The highest BCUT2D eigenvalue weighted by atomic mass is 35.5. The van der Waals surface area contributed by atoms with Crippen LogP contribution in [-0.2, 0) is 14.4 Å².